The molecule has 0 radical (unpaired) electrons. The number of nitrogens with zero attached hydrogens (tertiary/aromatic N) is 1. The largest absolute Gasteiger partial charge is 0.459 e. The third kappa shape index (κ3) is 3.49. The summed E-state index contributed by atoms with van der Waals surface area (Å²) in [7, 11) is 0. The van der Waals surface area contributed by atoms with Crippen LogP contribution in [0.5, 0.6) is 0 Å². The van der Waals surface area contributed by atoms with E-state index in [2.05, 4.69) is 5.32 Å². The topological polar surface area (TPSA) is 71.8 Å². The lowest BCUT2D eigenvalue weighted by molar-refractivity contribution is 0.0912. The highest BCUT2D eigenvalue weighted by molar-refractivity contribution is 5.98. The molecule has 1 atom stereocenters. The number of anilines is 1. The Labute approximate surface area is 162 Å². The molecule has 1 aliphatic heterocycles. The first-order valence-corrected chi connectivity index (χ1v) is 9.11. The molecule has 0 spiro atoms. The summed E-state index contributed by atoms with van der Waals surface area (Å²) in [6.45, 7) is 2.80. The number of furan rings is 1. The van der Waals surface area contributed by atoms with Crippen LogP contribution in [0.4, 0.5) is 10.5 Å². The van der Waals surface area contributed by atoms with Gasteiger partial charge in [-0.1, -0.05) is 42.5 Å². The Morgan fingerprint density at radius 3 is 2.68 bits per heavy atom. The van der Waals surface area contributed by atoms with Crippen molar-refractivity contribution in [2.45, 2.75) is 13.0 Å². The van der Waals surface area contributed by atoms with E-state index in [1.807, 2.05) is 61.5 Å². The number of carbonyl (C=O) groups excluding carboxylic acids is 2. The molecule has 4 rings (SSSR count). The molecule has 1 aromatic heterocycles. The summed E-state index contributed by atoms with van der Waals surface area (Å²) in [6.07, 6.45) is 1.17. The average Bonchev–Trinajstić information content (AvgIpc) is 3.38. The Bertz CT molecular complexity index is 997. The van der Waals surface area contributed by atoms with Gasteiger partial charge in [0.25, 0.3) is 5.91 Å². The zero-order valence-corrected chi connectivity index (χ0v) is 15.4. The Morgan fingerprint density at radius 1 is 1.11 bits per heavy atom. The van der Waals surface area contributed by atoms with E-state index < -0.39 is 0 Å². The van der Waals surface area contributed by atoms with Crippen molar-refractivity contribution < 1.29 is 18.7 Å². The van der Waals surface area contributed by atoms with E-state index in [9.17, 15) is 9.59 Å². The Balaban J connectivity index is 1.52. The Morgan fingerprint density at radius 2 is 1.93 bits per heavy atom. The van der Waals surface area contributed by atoms with E-state index in [0.717, 1.165) is 22.4 Å². The van der Waals surface area contributed by atoms with Crippen LogP contribution in [0.2, 0.25) is 0 Å². The quantitative estimate of drug-likeness (QED) is 0.717. The number of benzene rings is 2. The van der Waals surface area contributed by atoms with Crippen molar-refractivity contribution in [3.8, 4) is 11.1 Å². The molecule has 0 unspecified atom stereocenters. The fraction of sp³-hybridized carbons (Fsp3) is 0.182. The Kier molecular flexibility index (Phi) is 4.85. The molecule has 28 heavy (non-hydrogen) atoms. The van der Waals surface area contributed by atoms with E-state index >= 15 is 0 Å². The van der Waals surface area contributed by atoms with Crippen LogP contribution in [-0.2, 0) is 4.74 Å². The maximum Gasteiger partial charge on any atom is 0.414 e. The first-order valence-electron chi connectivity index (χ1n) is 9.11. The van der Waals surface area contributed by atoms with E-state index in [0.29, 0.717) is 13.2 Å². The molecule has 1 aliphatic rings. The van der Waals surface area contributed by atoms with Gasteiger partial charge in [0, 0.05) is 11.3 Å². The van der Waals surface area contributed by atoms with Crippen LogP contribution in [0.1, 0.15) is 29.1 Å². The van der Waals surface area contributed by atoms with Crippen LogP contribution in [0, 0.1) is 0 Å². The van der Waals surface area contributed by atoms with Crippen molar-refractivity contribution in [3.63, 3.8) is 0 Å². The Hall–Kier alpha value is -3.54. The van der Waals surface area contributed by atoms with Crippen LogP contribution in [0.3, 0.4) is 0 Å². The average molecular weight is 376 g/mol. The lowest BCUT2D eigenvalue weighted by Crippen LogP contribution is -2.27. The first kappa shape index (κ1) is 17.9. The highest BCUT2D eigenvalue weighted by atomic mass is 16.6. The molecule has 142 valence electrons. The maximum absolute atomic E-state index is 12.8. The van der Waals surface area contributed by atoms with Crippen LogP contribution < -0.4 is 10.2 Å². The molecule has 0 aliphatic carbocycles. The van der Waals surface area contributed by atoms with Crippen LogP contribution in [0.15, 0.2) is 71.3 Å². The molecule has 2 aromatic carbocycles. The van der Waals surface area contributed by atoms with Crippen molar-refractivity contribution in [2.24, 2.45) is 0 Å². The number of ether oxygens (including phenoxy) is 1. The predicted molar refractivity (Wildman–Crippen MR) is 105 cm³/mol. The van der Waals surface area contributed by atoms with E-state index in [4.69, 9.17) is 9.15 Å². The summed E-state index contributed by atoms with van der Waals surface area (Å²) in [6, 6.07) is 18.7. The second-order valence-corrected chi connectivity index (χ2v) is 6.59. The van der Waals surface area contributed by atoms with Gasteiger partial charge in [-0.25, -0.2) is 4.79 Å². The SMILES string of the molecule is C[C@H](NC(=O)c1occc1-c1ccccc1)c1cccc(N2CCOC2=O)c1. The lowest BCUT2D eigenvalue weighted by Gasteiger charge is -2.18. The minimum Gasteiger partial charge on any atom is -0.459 e. The molecule has 2 heterocycles. The molecule has 1 saturated heterocycles. The van der Waals surface area contributed by atoms with Crippen molar-refractivity contribution in [2.75, 3.05) is 18.1 Å². The smallest absolute Gasteiger partial charge is 0.414 e. The van der Waals surface area contributed by atoms with Gasteiger partial charge in [-0.05, 0) is 36.2 Å². The first-order chi connectivity index (χ1) is 13.6. The van der Waals surface area contributed by atoms with E-state index in [1.165, 1.54) is 6.26 Å². The molecule has 3 aromatic rings. The fourth-order valence-corrected chi connectivity index (χ4v) is 3.27. The summed E-state index contributed by atoms with van der Waals surface area (Å²) >= 11 is 0. The van der Waals surface area contributed by atoms with Gasteiger partial charge < -0.3 is 14.5 Å². The number of hydrogen-bond donors (Lipinski definition) is 1. The zero-order chi connectivity index (χ0) is 19.5. The van der Waals surface area contributed by atoms with Gasteiger partial charge in [-0.3, -0.25) is 9.69 Å². The van der Waals surface area contributed by atoms with E-state index in [-0.39, 0.29) is 23.8 Å². The summed E-state index contributed by atoms with van der Waals surface area (Å²) in [5.74, 6) is -0.0142. The van der Waals surface area contributed by atoms with Crippen LogP contribution in [0.25, 0.3) is 11.1 Å². The third-order valence-electron chi connectivity index (χ3n) is 4.75. The highest BCUT2D eigenvalue weighted by Crippen LogP contribution is 2.26. The van der Waals surface area contributed by atoms with Crippen molar-refractivity contribution in [1.82, 2.24) is 5.32 Å². The molecule has 0 saturated carbocycles. The monoisotopic (exact) mass is 376 g/mol. The number of amides is 2. The minimum atomic E-state index is -0.350. The molecule has 2 amide bonds. The lowest BCUT2D eigenvalue weighted by atomic mass is 10.0. The van der Waals surface area contributed by atoms with Crippen molar-refractivity contribution in [1.29, 1.82) is 0 Å². The van der Waals surface area contributed by atoms with Crippen molar-refractivity contribution in [3.05, 3.63) is 78.3 Å². The second kappa shape index (κ2) is 7.60. The number of carbonyl (C=O) groups is 2. The predicted octanol–water partition coefficient (Wildman–Crippen LogP) is 4.39. The second-order valence-electron chi connectivity index (χ2n) is 6.59. The maximum atomic E-state index is 12.8. The molecular formula is C22H20N2O4. The van der Waals surface area contributed by atoms with Gasteiger partial charge in [0.2, 0.25) is 0 Å². The number of nitrogens with one attached hydrogen (secondary N) is 1. The highest BCUT2D eigenvalue weighted by Gasteiger charge is 2.24. The van der Waals surface area contributed by atoms with Gasteiger partial charge in [0.05, 0.1) is 18.8 Å². The molecule has 0 bridgehead atoms. The van der Waals surface area contributed by atoms with Gasteiger partial charge in [0.1, 0.15) is 6.61 Å². The molecule has 1 N–H and O–H groups in total. The molecule has 6 nitrogen and oxygen atoms in total. The van der Waals surface area contributed by atoms with Gasteiger partial charge in [0.15, 0.2) is 5.76 Å². The number of rotatable bonds is 5. The fourth-order valence-electron chi connectivity index (χ4n) is 3.27. The molecule has 6 heteroatoms. The normalized spacial score (nSPS) is 14.6. The van der Waals surface area contributed by atoms with E-state index in [1.54, 1.807) is 11.0 Å². The van der Waals surface area contributed by atoms with Crippen LogP contribution >= 0.6 is 0 Å². The standard InChI is InChI=1S/C22H20N2O4/c1-15(17-8-5-9-18(14-17)24-11-13-28-22(24)26)23-21(25)20-19(10-12-27-20)16-6-3-2-4-7-16/h2-10,12,14-15H,11,13H2,1H3,(H,23,25)/t15-/m0/s1. The number of hydrogen-bond acceptors (Lipinski definition) is 4. The molecule has 1 fully saturated rings. The third-order valence-corrected chi connectivity index (χ3v) is 4.75. The minimum absolute atomic E-state index is 0.264. The van der Waals surface area contributed by atoms with Crippen LogP contribution in [-0.4, -0.2) is 25.2 Å². The van der Waals surface area contributed by atoms with Gasteiger partial charge >= 0.3 is 6.09 Å². The van der Waals surface area contributed by atoms with Gasteiger partial charge in [-0.2, -0.15) is 0 Å². The van der Waals surface area contributed by atoms with Gasteiger partial charge in [-0.15, -0.1) is 0 Å². The molecular weight excluding hydrogens is 356 g/mol. The zero-order valence-electron chi connectivity index (χ0n) is 15.4. The summed E-state index contributed by atoms with van der Waals surface area (Å²) in [4.78, 5) is 26.2. The number of cyclic esters (lactones) is 1. The summed E-state index contributed by atoms with van der Waals surface area (Å²) in [5.41, 5.74) is 3.31. The summed E-state index contributed by atoms with van der Waals surface area (Å²) < 4.78 is 10.4. The van der Waals surface area contributed by atoms with Crippen molar-refractivity contribution >= 4 is 17.7 Å². The summed E-state index contributed by atoms with van der Waals surface area (Å²) in [5, 5.41) is 2.97.